The molecule has 0 aromatic carbocycles. The van der Waals surface area contributed by atoms with E-state index in [1.807, 2.05) is 24.1 Å². The minimum absolute atomic E-state index is 0.0650. The first kappa shape index (κ1) is 15.2. The standard InChI is InChI=1S/C14H22N4OS/c1-10(2)11-8-20-14(17-11)13(16-5-6-19-4)12-7-15-9-18(12)3/h7-10,13,16H,5-6H2,1-4H3. The highest BCUT2D eigenvalue weighted by Crippen LogP contribution is 2.27. The molecule has 6 heteroatoms. The van der Waals surface area contributed by atoms with Gasteiger partial charge in [0, 0.05) is 26.1 Å². The van der Waals surface area contributed by atoms with Gasteiger partial charge in [-0.25, -0.2) is 9.97 Å². The Hall–Kier alpha value is -1.24. The molecule has 110 valence electrons. The number of ether oxygens (including phenoxy) is 1. The Bertz CT molecular complexity index is 535. The molecule has 1 N–H and O–H groups in total. The Balaban J connectivity index is 2.23. The maximum atomic E-state index is 5.12. The van der Waals surface area contributed by atoms with Crippen LogP contribution in [0.4, 0.5) is 0 Å². The summed E-state index contributed by atoms with van der Waals surface area (Å²) in [6.45, 7) is 5.78. The minimum Gasteiger partial charge on any atom is -0.383 e. The normalized spacial score (nSPS) is 13.1. The van der Waals surface area contributed by atoms with Crippen molar-refractivity contribution >= 4 is 11.3 Å². The van der Waals surface area contributed by atoms with Gasteiger partial charge in [0.2, 0.25) is 0 Å². The van der Waals surface area contributed by atoms with Gasteiger partial charge >= 0.3 is 0 Å². The van der Waals surface area contributed by atoms with E-state index in [1.54, 1.807) is 18.4 Å². The van der Waals surface area contributed by atoms with E-state index >= 15 is 0 Å². The molecular formula is C14H22N4OS. The van der Waals surface area contributed by atoms with Crippen molar-refractivity contribution in [3.05, 3.63) is 34.3 Å². The van der Waals surface area contributed by atoms with Crippen LogP contribution < -0.4 is 5.32 Å². The zero-order valence-corrected chi connectivity index (χ0v) is 13.3. The van der Waals surface area contributed by atoms with Crippen molar-refractivity contribution < 1.29 is 4.74 Å². The van der Waals surface area contributed by atoms with Gasteiger partial charge < -0.3 is 14.6 Å². The summed E-state index contributed by atoms with van der Waals surface area (Å²) < 4.78 is 7.15. The third-order valence-electron chi connectivity index (χ3n) is 3.18. The summed E-state index contributed by atoms with van der Waals surface area (Å²) in [5, 5.41) is 6.71. The summed E-state index contributed by atoms with van der Waals surface area (Å²) in [6, 6.07) is 0.0650. The number of rotatable bonds is 7. The van der Waals surface area contributed by atoms with Crippen LogP contribution in [-0.4, -0.2) is 34.8 Å². The van der Waals surface area contributed by atoms with Crippen molar-refractivity contribution in [3.8, 4) is 0 Å². The van der Waals surface area contributed by atoms with E-state index in [2.05, 4.69) is 29.5 Å². The quantitative estimate of drug-likeness (QED) is 0.796. The lowest BCUT2D eigenvalue weighted by Gasteiger charge is -2.17. The van der Waals surface area contributed by atoms with Gasteiger partial charge in [-0.2, -0.15) is 0 Å². The zero-order chi connectivity index (χ0) is 14.5. The summed E-state index contributed by atoms with van der Waals surface area (Å²) >= 11 is 1.70. The number of hydrogen-bond acceptors (Lipinski definition) is 5. The van der Waals surface area contributed by atoms with Gasteiger partial charge in [0.05, 0.1) is 30.5 Å². The highest BCUT2D eigenvalue weighted by atomic mass is 32.1. The van der Waals surface area contributed by atoms with E-state index in [0.717, 1.165) is 22.9 Å². The Kier molecular flexibility index (Phi) is 5.28. The molecule has 1 unspecified atom stereocenters. The number of nitrogens with one attached hydrogen (secondary N) is 1. The minimum atomic E-state index is 0.0650. The molecule has 2 aromatic rings. The smallest absolute Gasteiger partial charge is 0.116 e. The molecule has 5 nitrogen and oxygen atoms in total. The van der Waals surface area contributed by atoms with Crippen LogP contribution in [0.15, 0.2) is 17.9 Å². The van der Waals surface area contributed by atoms with E-state index in [4.69, 9.17) is 9.72 Å². The van der Waals surface area contributed by atoms with Crippen molar-refractivity contribution in [1.29, 1.82) is 0 Å². The molecule has 20 heavy (non-hydrogen) atoms. The van der Waals surface area contributed by atoms with Gasteiger partial charge in [0.15, 0.2) is 0 Å². The molecule has 0 saturated carbocycles. The molecule has 0 aliphatic heterocycles. The second-order valence-corrected chi connectivity index (χ2v) is 5.96. The van der Waals surface area contributed by atoms with E-state index < -0.39 is 0 Å². The highest BCUT2D eigenvalue weighted by Gasteiger charge is 2.20. The van der Waals surface area contributed by atoms with Crippen LogP contribution in [0.1, 0.15) is 42.2 Å². The molecule has 0 radical (unpaired) electrons. The van der Waals surface area contributed by atoms with Crippen LogP contribution in [0.25, 0.3) is 0 Å². The number of imidazole rings is 1. The van der Waals surface area contributed by atoms with Crippen molar-refractivity contribution in [2.75, 3.05) is 20.3 Å². The predicted octanol–water partition coefficient (Wildman–Crippen LogP) is 2.33. The SMILES string of the molecule is COCCNC(c1nc(C(C)C)cs1)c1cncn1C. The molecule has 0 aliphatic rings. The number of hydrogen-bond donors (Lipinski definition) is 1. The lowest BCUT2D eigenvalue weighted by Crippen LogP contribution is -2.27. The average molecular weight is 294 g/mol. The fourth-order valence-corrected chi connectivity index (χ4v) is 3.03. The Morgan fingerprint density at radius 2 is 2.25 bits per heavy atom. The maximum absolute atomic E-state index is 5.12. The van der Waals surface area contributed by atoms with Gasteiger partial charge in [0.1, 0.15) is 11.0 Å². The van der Waals surface area contributed by atoms with E-state index in [0.29, 0.717) is 12.5 Å². The molecule has 0 spiro atoms. The molecule has 0 amide bonds. The zero-order valence-electron chi connectivity index (χ0n) is 12.5. The van der Waals surface area contributed by atoms with Crippen LogP contribution in [0.5, 0.6) is 0 Å². The lowest BCUT2D eigenvalue weighted by atomic mass is 10.1. The summed E-state index contributed by atoms with van der Waals surface area (Å²) in [4.78, 5) is 8.97. The monoisotopic (exact) mass is 294 g/mol. The van der Waals surface area contributed by atoms with Crippen molar-refractivity contribution in [1.82, 2.24) is 19.9 Å². The first-order chi connectivity index (χ1) is 9.63. The van der Waals surface area contributed by atoms with Crippen LogP contribution in [0, 0.1) is 0 Å². The van der Waals surface area contributed by atoms with Crippen molar-refractivity contribution in [2.24, 2.45) is 7.05 Å². The molecule has 2 aromatic heterocycles. The highest BCUT2D eigenvalue weighted by molar-refractivity contribution is 7.09. The molecule has 0 fully saturated rings. The summed E-state index contributed by atoms with van der Waals surface area (Å²) in [5.74, 6) is 0.450. The van der Waals surface area contributed by atoms with Gasteiger partial charge in [0.25, 0.3) is 0 Å². The largest absolute Gasteiger partial charge is 0.383 e. The Labute approximate surface area is 124 Å². The van der Waals surface area contributed by atoms with Gasteiger partial charge in [-0.15, -0.1) is 11.3 Å². The fourth-order valence-electron chi connectivity index (χ4n) is 1.97. The summed E-state index contributed by atoms with van der Waals surface area (Å²) in [6.07, 6.45) is 3.71. The third-order valence-corrected chi connectivity index (χ3v) is 4.11. The lowest BCUT2D eigenvalue weighted by molar-refractivity contribution is 0.197. The van der Waals surface area contributed by atoms with E-state index in [-0.39, 0.29) is 6.04 Å². The first-order valence-electron chi connectivity index (χ1n) is 6.77. The topological polar surface area (TPSA) is 52.0 Å². The molecule has 2 rings (SSSR count). The Morgan fingerprint density at radius 3 is 2.80 bits per heavy atom. The summed E-state index contributed by atoms with van der Waals surface area (Å²) in [7, 11) is 3.71. The second-order valence-electron chi connectivity index (χ2n) is 5.07. The van der Waals surface area contributed by atoms with Gasteiger partial charge in [-0.3, -0.25) is 0 Å². The molecule has 2 heterocycles. The van der Waals surface area contributed by atoms with Gasteiger partial charge in [-0.05, 0) is 5.92 Å². The van der Waals surface area contributed by atoms with Gasteiger partial charge in [-0.1, -0.05) is 13.8 Å². The molecule has 0 bridgehead atoms. The molecule has 0 aliphatic carbocycles. The molecule has 1 atom stereocenters. The Morgan fingerprint density at radius 1 is 1.45 bits per heavy atom. The first-order valence-corrected chi connectivity index (χ1v) is 7.65. The number of aryl methyl sites for hydroxylation is 1. The average Bonchev–Trinajstić information content (AvgIpc) is 3.04. The van der Waals surface area contributed by atoms with Crippen LogP contribution in [0.2, 0.25) is 0 Å². The van der Waals surface area contributed by atoms with Crippen LogP contribution in [0.3, 0.4) is 0 Å². The molecular weight excluding hydrogens is 272 g/mol. The van der Waals surface area contributed by atoms with E-state index in [1.165, 1.54) is 0 Å². The maximum Gasteiger partial charge on any atom is 0.116 e. The predicted molar refractivity (Wildman–Crippen MR) is 81.1 cm³/mol. The second kappa shape index (κ2) is 6.97. The number of aromatic nitrogens is 3. The number of thiazole rings is 1. The van der Waals surface area contributed by atoms with E-state index in [9.17, 15) is 0 Å². The van der Waals surface area contributed by atoms with Crippen molar-refractivity contribution in [2.45, 2.75) is 25.8 Å². The third kappa shape index (κ3) is 3.45. The fraction of sp³-hybridized carbons (Fsp3) is 0.571. The molecule has 0 saturated heterocycles. The van der Waals surface area contributed by atoms with Crippen molar-refractivity contribution in [3.63, 3.8) is 0 Å². The van der Waals surface area contributed by atoms with Crippen LogP contribution in [-0.2, 0) is 11.8 Å². The number of methoxy groups -OCH3 is 1. The number of nitrogens with zero attached hydrogens (tertiary/aromatic N) is 3. The van der Waals surface area contributed by atoms with Crippen LogP contribution >= 0.6 is 11.3 Å². The summed E-state index contributed by atoms with van der Waals surface area (Å²) in [5.41, 5.74) is 2.26.